The van der Waals surface area contributed by atoms with Crippen LogP contribution >= 0.6 is 0 Å². The minimum atomic E-state index is -0.741. The summed E-state index contributed by atoms with van der Waals surface area (Å²) in [7, 11) is 0. The highest BCUT2D eigenvalue weighted by atomic mass is 19.1. The molecule has 2 N–H and O–H groups in total. The number of ether oxygens (including phenoxy) is 2. The average Bonchev–Trinajstić information content (AvgIpc) is 2.77. The van der Waals surface area contributed by atoms with Crippen molar-refractivity contribution in [1.29, 1.82) is 0 Å². The number of benzene rings is 2. The molecule has 170 valence electrons. The van der Waals surface area contributed by atoms with E-state index >= 15 is 0 Å². The first kappa shape index (κ1) is 24.8. The first-order valence-electron chi connectivity index (χ1n) is 10.8. The third kappa shape index (κ3) is 7.99. The Bertz CT molecular complexity index is 1000. The predicted octanol–water partition coefficient (Wildman–Crippen LogP) is 7.99. The van der Waals surface area contributed by atoms with E-state index in [1.165, 1.54) is 6.08 Å². The summed E-state index contributed by atoms with van der Waals surface area (Å²) in [5.41, 5.74) is 2.20. The van der Waals surface area contributed by atoms with Gasteiger partial charge in [0.15, 0.2) is 5.83 Å². The van der Waals surface area contributed by atoms with E-state index in [4.69, 9.17) is 14.6 Å². The van der Waals surface area contributed by atoms with Crippen molar-refractivity contribution in [2.24, 2.45) is 0 Å². The highest BCUT2D eigenvalue weighted by Crippen LogP contribution is 2.30. The third-order valence-corrected chi connectivity index (χ3v) is 4.40. The molecule has 0 aliphatic carbocycles. The molecule has 0 spiro atoms. The fraction of sp³-hybridized carbons (Fsp3) is 0.259. The molecule has 0 saturated carbocycles. The van der Waals surface area contributed by atoms with Gasteiger partial charge in [-0.25, -0.2) is 4.39 Å². The Labute approximate surface area is 189 Å². The topological polar surface area (TPSA) is 58.9 Å². The minimum Gasteiger partial charge on any atom is -0.513 e. The molecule has 0 aromatic heterocycles. The monoisotopic (exact) mass is 438 g/mol. The molecular formula is C27H31FO4. The lowest BCUT2D eigenvalue weighted by atomic mass is 10.0. The van der Waals surface area contributed by atoms with Gasteiger partial charge >= 0.3 is 0 Å². The zero-order valence-electron chi connectivity index (χ0n) is 18.8. The standard InChI is InChI=1S/C27H31FO4/c1-4-8-21(16-23(28)19-29)22-10-7-11-25(17-22)32-27-15-20(13-24(30)9-5-2)14-26(18-27)31-12-6-3/h4,7-11,14-19,29-30H,5-6,12-13H2,1-3H3/b8-4-,21-16+,23-19-,24-9+. The lowest BCUT2D eigenvalue weighted by Gasteiger charge is -2.13. The average molecular weight is 439 g/mol. The first-order chi connectivity index (χ1) is 15.5. The Morgan fingerprint density at radius 2 is 1.84 bits per heavy atom. The van der Waals surface area contributed by atoms with Gasteiger partial charge in [-0.2, -0.15) is 0 Å². The van der Waals surface area contributed by atoms with Crippen LogP contribution in [0.2, 0.25) is 0 Å². The Balaban J connectivity index is 2.37. The Hall–Kier alpha value is -3.47. The molecule has 0 fully saturated rings. The van der Waals surface area contributed by atoms with Gasteiger partial charge in [0.25, 0.3) is 0 Å². The van der Waals surface area contributed by atoms with Crippen molar-refractivity contribution in [1.82, 2.24) is 0 Å². The van der Waals surface area contributed by atoms with Gasteiger partial charge in [0.05, 0.1) is 12.4 Å². The SMILES string of the molecule is C\C=C/C(=C\C(F)=C\O)c1cccc(Oc2cc(C/C(O)=C\CC)cc(OCCC)c2)c1. The lowest BCUT2D eigenvalue weighted by molar-refractivity contribution is 0.315. The summed E-state index contributed by atoms with van der Waals surface area (Å²) in [6.45, 7) is 6.42. The number of aliphatic hydroxyl groups excluding tert-OH is 2. The number of hydrogen-bond acceptors (Lipinski definition) is 4. The Morgan fingerprint density at radius 1 is 1.06 bits per heavy atom. The molecule has 0 atom stereocenters. The lowest BCUT2D eigenvalue weighted by Crippen LogP contribution is -1.98. The summed E-state index contributed by atoms with van der Waals surface area (Å²) in [4.78, 5) is 0. The van der Waals surface area contributed by atoms with Gasteiger partial charge in [0.2, 0.25) is 0 Å². The summed E-state index contributed by atoms with van der Waals surface area (Å²) >= 11 is 0. The van der Waals surface area contributed by atoms with E-state index in [-0.39, 0.29) is 0 Å². The predicted molar refractivity (Wildman–Crippen MR) is 128 cm³/mol. The molecule has 0 radical (unpaired) electrons. The van der Waals surface area contributed by atoms with Crippen LogP contribution in [0.5, 0.6) is 17.2 Å². The summed E-state index contributed by atoms with van der Waals surface area (Å²) in [6, 6.07) is 12.8. The van der Waals surface area contributed by atoms with E-state index in [1.54, 1.807) is 24.3 Å². The van der Waals surface area contributed by atoms with E-state index in [2.05, 4.69) is 0 Å². The Kier molecular flexibility index (Phi) is 10.1. The molecule has 0 heterocycles. The molecule has 2 aromatic rings. The number of halogens is 1. The third-order valence-electron chi connectivity index (χ3n) is 4.40. The van der Waals surface area contributed by atoms with E-state index < -0.39 is 5.83 Å². The Morgan fingerprint density at radius 3 is 2.53 bits per heavy atom. The van der Waals surface area contributed by atoms with Crippen molar-refractivity contribution < 1.29 is 24.1 Å². The van der Waals surface area contributed by atoms with Crippen molar-refractivity contribution in [2.75, 3.05) is 6.61 Å². The van der Waals surface area contributed by atoms with Crippen molar-refractivity contribution >= 4 is 5.57 Å². The summed E-state index contributed by atoms with van der Waals surface area (Å²) < 4.78 is 25.5. The van der Waals surface area contributed by atoms with Crippen molar-refractivity contribution in [3.63, 3.8) is 0 Å². The molecule has 0 bridgehead atoms. The van der Waals surface area contributed by atoms with Gasteiger partial charge < -0.3 is 19.7 Å². The molecule has 0 amide bonds. The molecule has 0 unspecified atom stereocenters. The first-order valence-corrected chi connectivity index (χ1v) is 10.8. The van der Waals surface area contributed by atoms with E-state index in [0.717, 1.165) is 24.0 Å². The molecule has 5 heteroatoms. The van der Waals surface area contributed by atoms with Crippen LogP contribution in [-0.2, 0) is 6.42 Å². The normalized spacial score (nSPS) is 12.9. The molecule has 2 rings (SSSR count). The smallest absolute Gasteiger partial charge is 0.157 e. The van der Waals surface area contributed by atoms with E-state index in [0.29, 0.717) is 47.9 Å². The molecular weight excluding hydrogens is 407 g/mol. The summed E-state index contributed by atoms with van der Waals surface area (Å²) in [6.07, 6.45) is 9.01. The maximum Gasteiger partial charge on any atom is 0.157 e. The number of aliphatic hydroxyl groups is 2. The van der Waals surface area contributed by atoms with Crippen molar-refractivity contribution in [3.8, 4) is 17.2 Å². The quantitative estimate of drug-likeness (QED) is 0.276. The van der Waals surface area contributed by atoms with Crippen molar-refractivity contribution in [3.05, 3.63) is 95.7 Å². The fourth-order valence-electron chi connectivity index (χ4n) is 3.08. The van der Waals surface area contributed by atoms with Crippen LogP contribution in [0.25, 0.3) is 5.57 Å². The van der Waals surface area contributed by atoms with Crippen LogP contribution in [-0.4, -0.2) is 16.8 Å². The largest absolute Gasteiger partial charge is 0.513 e. The highest BCUT2D eigenvalue weighted by molar-refractivity contribution is 5.76. The van der Waals surface area contributed by atoms with Gasteiger partial charge in [-0.15, -0.1) is 0 Å². The van der Waals surface area contributed by atoms with Crippen LogP contribution in [0.1, 0.15) is 44.7 Å². The number of allylic oxidation sites excluding steroid dienone is 7. The zero-order chi connectivity index (χ0) is 23.3. The van der Waals surface area contributed by atoms with Crippen LogP contribution in [0, 0.1) is 0 Å². The number of hydrogen-bond donors (Lipinski definition) is 2. The van der Waals surface area contributed by atoms with Gasteiger partial charge in [0.1, 0.15) is 23.5 Å². The van der Waals surface area contributed by atoms with Gasteiger partial charge in [-0.1, -0.05) is 38.1 Å². The van der Waals surface area contributed by atoms with Gasteiger partial charge in [0, 0.05) is 12.5 Å². The molecule has 0 saturated heterocycles. The second-order valence-corrected chi connectivity index (χ2v) is 7.19. The minimum absolute atomic E-state index is 0.299. The van der Waals surface area contributed by atoms with Crippen LogP contribution in [0.15, 0.2) is 84.6 Å². The molecule has 2 aromatic carbocycles. The van der Waals surface area contributed by atoms with Crippen molar-refractivity contribution in [2.45, 2.75) is 40.0 Å². The molecule has 0 aliphatic heterocycles. The van der Waals surface area contributed by atoms with Crippen LogP contribution in [0.3, 0.4) is 0 Å². The second kappa shape index (κ2) is 13.1. The van der Waals surface area contributed by atoms with Gasteiger partial charge in [-0.05, 0) is 72.9 Å². The summed E-state index contributed by atoms with van der Waals surface area (Å²) in [5, 5.41) is 19.0. The zero-order valence-corrected chi connectivity index (χ0v) is 18.8. The molecule has 4 nitrogen and oxygen atoms in total. The maximum atomic E-state index is 13.6. The summed E-state index contributed by atoms with van der Waals surface area (Å²) in [5.74, 6) is 1.37. The maximum absolute atomic E-state index is 13.6. The van der Waals surface area contributed by atoms with E-state index in [1.807, 2.05) is 57.2 Å². The second-order valence-electron chi connectivity index (χ2n) is 7.19. The van der Waals surface area contributed by atoms with Crippen LogP contribution in [0.4, 0.5) is 4.39 Å². The fourth-order valence-corrected chi connectivity index (χ4v) is 3.08. The van der Waals surface area contributed by atoms with E-state index in [9.17, 15) is 9.50 Å². The molecule has 0 aliphatic rings. The van der Waals surface area contributed by atoms with Crippen LogP contribution < -0.4 is 9.47 Å². The number of rotatable bonds is 11. The highest BCUT2D eigenvalue weighted by Gasteiger charge is 2.08. The molecule has 32 heavy (non-hydrogen) atoms. The van der Waals surface area contributed by atoms with Gasteiger partial charge in [-0.3, -0.25) is 0 Å².